The minimum absolute atomic E-state index is 0.0142. The van der Waals surface area contributed by atoms with Gasteiger partial charge in [0.2, 0.25) is 0 Å². The van der Waals surface area contributed by atoms with Gasteiger partial charge in [-0.1, -0.05) is 0 Å². The third kappa shape index (κ3) is 15.1. The maximum absolute atomic E-state index is 8.70. The number of aliphatic hydroxyl groups is 2. The van der Waals surface area contributed by atoms with Gasteiger partial charge in [-0.2, -0.15) is 0 Å². The first-order chi connectivity index (χ1) is 19.7. The molecule has 0 amide bonds. The van der Waals surface area contributed by atoms with Gasteiger partial charge < -0.3 is 43.5 Å². The Hall–Kier alpha value is -2.07. The molecule has 0 unspecified atom stereocenters. The summed E-state index contributed by atoms with van der Waals surface area (Å²) in [7, 11) is 1.95. The zero-order chi connectivity index (χ0) is 28.7. The molecule has 0 bridgehead atoms. The number of rotatable bonds is 25. The average molecular weight is 586 g/mol. The van der Waals surface area contributed by atoms with E-state index in [-0.39, 0.29) is 13.2 Å². The van der Waals surface area contributed by atoms with Crippen LogP contribution in [0.15, 0.2) is 40.0 Å². The van der Waals surface area contributed by atoms with E-state index in [1.807, 2.05) is 42.2 Å². The second-order valence-corrected chi connectivity index (χ2v) is 9.45. The van der Waals surface area contributed by atoms with Crippen LogP contribution in [0.5, 0.6) is 0 Å². The minimum atomic E-state index is 0.0142. The third-order valence-corrected chi connectivity index (χ3v) is 6.36. The summed E-state index contributed by atoms with van der Waals surface area (Å²) in [6.45, 7) is 8.95. The van der Waals surface area contributed by atoms with Gasteiger partial charge in [0.25, 0.3) is 0 Å². The molecule has 2 rings (SSSR count). The molecule has 0 spiro atoms. The van der Waals surface area contributed by atoms with Crippen molar-refractivity contribution in [3.8, 4) is 0 Å². The van der Waals surface area contributed by atoms with Crippen molar-refractivity contribution in [2.75, 3.05) is 110 Å². The number of ether oxygens (including phenoxy) is 6. The lowest BCUT2D eigenvalue weighted by Crippen LogP contribution is -2.31. The highest BCUT2D eigenvalue weighted by Crippen LogP contribution is 2.27. The quantitative estimate of drug-likeness (QED) is 0.102. The molecular weight excluding hydrogens is 540 g/mol. The van der Waals surface area contributed by atoms with Crippen molar-refractivity contribution in [1.29, 1.82) is 0 Å². The molecule has 2 N–H and O–H groups in total. The van der Waals surface area contributed by atoms with E-state index in [2.05, 4.69) is 21.2 Å². The van der Waals surface area contributed by atoms with E-state index in [9.17, 15) is 0 Å². The fourth-order valence-corrected chi connectivity index (χ4v) is 4.08. The summed E-state index contributed by atoms with van der Waals surface area (Å²) in [6, 6.07) is 6.13. The molecule has 0 saturated heterocycles. The second-order valence-electron chi connectivity index (χ2n) is 8.58. The van der Waals surface area contributed by atoms with Crippen molar-refractivity contribution >= 4 is 27.8 Å². The van der Waals surface area contributed by atoms with Crippen LogP contribution in [0.4, 0.5) is 16.5 Å². The van der Waals surface area contributed by atoms with Crippen LogP contribution in [0, 0.1) is 6.92 Å². The largest absolute Gasteiger partial charge is 0.408 e. The van der Waals surface area contributed by atoms with Gasteiger partial charge in [-0.25, -0.2) is 4.57 Å². The van der Waals surface area contributed by atoms with E-state index in [0.717, 1.165) is 22.1 Å². The number of benzene rings is 1. The first kappa shape index (κ1) is 34.1. The normalized spacial score (nSPS) is 11.6. The van der Waals surface area contributed by atoms with Crippen molar-refractivity contribution in [2.24, 2.45) is 17.3 Å². The van der Waals surface area contributed by atoms with Crippen molar-refractivity contribution < 1.29 is 43.2 Å². The van der Waals surface area contributed by atoms with E-state index in [1.165, 1.54) is 0 Å². The molecule has 0 saturated carbocycles. The summed E-state index contributed by atoms with van der Waals surface area (Å²) in [6.07, 6.45) is 1.95. The SMILES string of the molecule is Cc1cc(N(CCOCCOCCOCCO)CCOCCOCCOCCO)ccc1N=Nc1scc[n+]1C. The number of azo groups is 1. The van der Waals surface area contributed by atoms with E-state index >= 15 is 0 Å². The topological polar surface area (TPSA) is 128 Å². The lowest BCUT2D eigenvalue weighted by Gasteiger charge is -2.25. The zero-order valence-electron chi connectivity index (χ0n) is 23.7. The van der Waals surface area contributed by atoms with Crippen LogP contribution < -0.4 is 9.47 Å². The molecule has 226 valence electrons. The Morgan fingerprint density at radius 2 is 1.23 bits per heavy atom. The van der Waals surface area contributed by atoms with Gasteiger partial charge in [0, 0.05) is 24.2 Å². The molecular formula is C27H45N4O8S+. The van der Waals surface area contributed by atoms with Crippen molar-refractivity contribution in [3.63, 3.8) is 0 Å². The van der Waals surface area contributed by atoms with Gasteiger partial charge in [0.1, 0.15) is 11.9 Å². The Morgan fingerprint density at radius 3 is 1.68 bits per heavy atom. The highest BCUT2D eigenvalue weighted by atomic mass is 32.1. The number of anilines is 1. The summed E-state index contributed by atoms with van der Waals surface area (Å²) in [4.78, 5) is 2.22. The zero-order valence-corrected chi connectivity index (χ0v) is 24.6. The smallest absolute Gasteiger partial charge is 0.394 e. The van der Waals surface area contributed by atoms with Crippen molar-refractivity contribution in [3.05, 3.63) is 35.3 Å². The minimum Gasteiger partial charge on any atom is -0.394 e. The fraction of sp³-hybridized carbons (Fsp3) is 0.667. The number of hydrogen-bond acceptors (Lipinski definition) is 12. The second kappa shape index (κ2) is 22.6. The predicted molar refractivity (Wildman–Crippen MR) is 152 cm³/mol. The first-order valence-electron chi connectivity index (χ1n) is 13.5. The standard InChI is InChI=1S/C27H45N4O8S/c1-24-23-25(3-4-26(24)28-29-27-30(2)7-22-40-27)31(5-10-34-14-18-38-20-16-36-12-8-32)6-11-35-15-19-39-21-17-37-13-9-33/h3-4,7,22-23,32-33H,5-6,8-21H2,1-2H3/q+1. The number of aliphatic hydroxyl groups excluding tert-OH is 2. The van der Waals surface area contributed by atoms with Crippen molar-refractivity contribution in [2.45, 2.75) is 6.92 Å². The molecule has 0 aliphatic heterocycles. The van der Waals surface area contributed by atoms with E-state index in [0.29, 0.717) is 92.4 Å². The van der Waals surface area contributed by atoms with Crippen LogP contribution in [0.25, 0.3) is 0 Å². The summed E-state index contributed by atoms with van der Waals surface area (Å²) in [5, 5.41) is 29.0. The summed E-state index contributed by atoms with van der Waals surface area (Å²) < 4.78 is 34.8. The molecule has 1 aromatic carbocycles. The van der Waals surface area contributed by atoms with Crippen LogP contribution >= 0.6 is 11.3 Å². The maximum Gasteiger partial charge on any atom is 0.408 e. The van der Waals surface area contributed by atoms with Gasteiger partial charge >= 0.3 is 5.13 Å². The number of aryl methyl sites for hydroxylation is 2. The van der Waals surface area contributed by atoms with Gasteiger partial charge in [0.05, 0.1) is 105 Å². The monoisotopic (exact) mass is 585 g/mol. The Morgan fingerprint density at radius 1 is 0.725 bits per heavy atom. The van der Waals surface area contributed by atoms with Crippen LogP contribution in [0.2, 0.25) is 0 Å². The Kier molecular flexibility index (Phi) is 19.3. The molecule has 0 aliphatic carbocycles. The lowest BCUT2D eigenvalue weighted by atomic mass is 10.1. The fourth-order valence-electron chi connectivity index (χ4n) is 3.40. The number of nitrogens with zero attached hydrogens (tertiary/aromatic N) is 4. The number of aromatic nitrogens is 1. The van der Waals surface area contributed by atoms with Crippen LogP contribution in [0.1, 0.15) is 5.56 Å². The van der Waals surface area contributed by atoms with Crippen LogP contribution in [0.3, 0.4) is 0 Å². The van der Waals surface area contributed by atoms with Gasteiger partial charge in [0.15, 0.2) is 0 Å². The van der Waals surface area contributed by atoms with Crippen molar-refractivity contribution in [1.82, 2.24) is 0 Å². The molecule has 13 heteroatoms. The van der Waals surface area contributed by atoms with E-state index in [4.69, 9.17) is 38.6 Å². The summed E-state index contributed by atoms with van der Waals surface area (Å²) >= 11 is 1.54. The Balaban J connectivity index is 1.80. The van der Waals surface area contributed by atoms with Crippen LogP contribution in [-0.2, 0) is 35.5 Å². The van der Waals surface area contributed by atoms with E-state index < -0.39 is 0 Å². The maximum atomic E-state index is 8.70. The molecule has 1 aromatic heterocycles. The first-order valence-corrected chi connectivity index (χ1v) is 14.4. The highest BCUT2D eigenvalue weighted by Gasteiger charge is 2.11. The van der Waals surface area contributed by atoms with Gasteiger partial charge in [-0.3, -0.25) is 0 Å². The summed E-state index contributed by atoms with van der Waals surface area (Å²) in [5.41, 5.74) is 2.91. The van der Waals surface area contributed by atoms with E-state index in [1.54, 1.807) is 11.3 Å². The Bertz CT molecular complexity index is 910. The molecule has 0 fully saturated rings. The number of hydrogen-bond donors (Lipinski definition) is 2. The lowest BCUT2D eigenvalue weighted by molar-refractivity contribution is -0.654. The van der Waals surface area contributed by atoms with Gasteiger partial charge in [-0.15, -0.1) is 0 Å². The molecule has 0 aliphatic rings. The average Bonchev–Trinajstić information content (AvgIpc) is 3.37. The van der Waals surface area contributed by atoms with Crippen LogP contribution in [-0.4, -0.2) is 116 Å². The molecule has 12 nitrogen and oxygen atoms in total. The predicted octanol–water partition coefficient (Wildman–Crippen LogP) is 2.19. The molecule has 0 radical (unpaired) electrons. The Labute approximate surface area is 241 Å². The van der Waals surface area contributed by atoms with Gasteiger partial charge in [-0.05, 0) is 47.1 Å². The summed E-state index contributed by atoms with van der Waals surface area (Å²) in [5.74, 6) is 0. The molecule has 2 aromatic rings. The molecule has 40 heavy (non-hydrogen) atoms. The highest BCUT2D eigenvalue weighted by molar-refractivity contribution is 7.12. The molecule has 0 atom stereocenters. The third-order valence-electron chi connectivity index (χ3n) is 5.52. The molecule has 1 heterocycles. The number of thiazole rings is 1.